The molecule has 0 unspecified atom stereocenters. The third-order valence-electron chi connectivity index (χ3n) is 4.08. The van der Waals surface area contributed by atoms with E-state index in [1.807, 2.05) is 12.1 Å². The molecule has 1 aromatic heterocycles. The van der Waals surface area contributed by atoms with E-state index in [1.54, 1.807) is 0 Å². The fraction of sp³-hybridized carbons (Fsp3) is 0.263. The zero-order chi connectivity index (χ0) is 16.2. The van der Waals surface area contributed by atoms with Gasteiger partial charge in [0, 0.05) is 20.6 Å². The largest absolute Gasteiger partial charge is 0.340 e. The Morgan fingerprint density at radius 2 is 1.65 bits per heavy atom. The summed E-state index contributed by atoms with van der Waals surface area (Å²) in [5, 5.41) is 4.52. The topological polar surface area (TPSA) is 37.8 Å². The number of para-hydroxylation sites is 1. The Hall–Kier alpha value is -1.69. The molecule has 0 saturated carbocycles. The van der Waals surface area contributed by atoms with E-state index in [1.165, 1.54) is 3.57 Å². The maximum Gasteiger partial charge on any atom is 0.142 e. The normalized spacial score (nSPS) is 11.1. The van der Waals surface area contributed by atoms with Crippen LogP contribution in [-0.4, -0.2) is 9.97 Å². The van der Waals surface area contributed by atoms with Gasteiger partial charge >= 0.3 is 0 Å². The second kappa shape index (κ2) is 7.25. The first kappa shape index (κ1) is 16.2. The van der Waals surface area contributed by atoms with Crippen molar-refractivity contribution in [3.05, 3.63) is 57.9 Å². The molecular formula is C19H20IN3. The van der Waals surface area contributed by atoms with Gasteiger partial charge in [0.05, 0.1) is 5.52 Å². The Kier molecular flexibility index (Phi) is 5.10. The van der Waals surface area contributed by atoms with E-state index < -0.39 is 0 Å². The third kappa shape index (κ3) is 3.63. The number of hydrogen-bond donors (Lipinski definition) is 1. The van der Waals surface area contributed by atoms with Crippen molar-refractivity contribution in [3.63, 3.8) is 0 Å². The van der Waals surface area contributed by atoms with Crippen LogP contribution in [0.4, 0.5) is 11.5 Å². The number of nitrogens with zero attached hydrogens (tertiary/aromatic N) is 2. The van der Waals surface area contributed by atoms with Crippen LogP contribution in [0, 0.1) is 3.57 Å². The number of benzene rings is 2. The molecule has 0 aliphatic carbocycles. The number of fused-ring (bicyclic) bond motifs is 1. The zero-order valence-electron chi connectivity index (χ0n) is 13.4. The first-order valence-electron chi connectivity index (χ1n) is 8.00. The first-order chi connectivity index (χ1) is 11.2. The van der Waals surface area contributed by atoms with Gasteiger partial charge < -0.3 is 5.32 Å². The van der Waals surface area contributed by atoms with Crippen molar-refractivity contribution in [2.45, 2.75) is 32.6 Å². The van der Waals surface area contributed by atoms with Gasteiger partial charge in [-0.2, -0.15) is 0 Å². The van der Waals surface area contributed by atoms with Crippen molar-refractivity contribution < 1.29 is 0 Å². The van der Waals surface area contributed by atoms with Crippen LogP contribution in [0.15, 0.2) is 48.5 Å². The number of hydrogen-bond acceptors (Lipinski definition) is 3. The van der Waals surface area contributed by atoms with E-state index in [0.29, 0.717) is 5.92 Å². The maximum absolute atomic E-state index is 4.84. The zero-order valence-corrected chi connectivity index (χ0v) is 15.5. The predicted molar refractivity (Wildman–Crippen MR) is 105 cm³/mol. The van der Waals surface area contributed by atoms with Crippen molar-refractivity contribution in [3.8, 4) is 0 Å². The molecule has 4 heteroatoms. The quantitative estimate of drug-likeness (QED) is 0.527. The molecule has 3 nitrogen and oxygen atoms in total. The van der Waals surface area contributed by atoms with Crippen molar-refractivity contribution in [1.82, 2.24) is 9.97 Å². The molecule has 0 radical (unpaired) electrons. The number of halogens is 1. The fourth-order valence-electron chi connectivity index (χ4n) is 2.70. The summed E-state index contributed by atoms with van der Waals surface area (Å²) in [4.78, 5) is 9.62. The number of aromatic nitrogens is 2. The van der Waals surface area contributed by atoms with Crippen LogP contribution in [0.2, 0.25) is 0 Å². The summed E-state index contributed by atoms with van der Waals surface area (Å²) in [5.74, 6) is 2.22. The van der Waals surface area contributed by atoms with Crippen LogP contribution in [0.5, 0.6) is 0 Å². The molecule has 0 amide bonds. The van der Waals surface area contributed by atoms with Gasteiger partial charge in [-0.3, -0.25) is 0 Å². The molecule has 0 spiro atoms. The van der Waals surface area contributed by atoms with Gasteiger partial charge in [-0.05, 0) is 71.8 Å². The van der Waals surface area contributed by atoms with E-state index in [9.17, 15) is 0 Å². The second-order valence-electron chi connectivity index (χ2n) is 5.59. The van der Waals surface area contributed by atoms with Gasteiger partial charge in [0.1, 0.15) is 11.6 Å². The number of nitrogens with one attached hydrogen (secondary N) is 1. The molecule has 0 saturated heterocycles. The Labute approximate surface area is 150 Å². The Morgan fingerprint density at radius 3 is 2.35 bits per heavy atom. The van der Waals surface area contributed by atoms with Gasteiger partial charge in [0.25, 0.3) is 0 Å². The summed E-state index contributed by atoms with van der Waals surface area (Å²) in [7, 11) is 0. The summed E-state index contributed by atoms with van der Waals surface area (Å²) in [6, 6.07) is 16.5. The average molecular weight is 417 g/mol. The lowest BCUT2D eigenvalue weighted by Gasteiger charge is -2.15. The minimum atomic E-state index is 0.400. The van der Waals surface area contributed by atoms with Gasteiger partial charge in [0.2, 0.25) is 0 Å². The highest BCUT2D eigenvalue weighted by Gasteiger charge is 2.14. The van der Waals surface area contributed by atoms with Crippen LogP contribution >= 0.6 is 22.6 Å². The van der Waals surface area contributed by atoms with Crippen molar-refractivity contribution in [2.75, 3.05) is 5.32 Å². The highest BCUT2D eigenvalue weighted by Crippen LogP contribution is 2.28. The fourth-order valence-corrected chi connectivity index (χ4v) is 3.06. The smallest absolute Gasteiger partial charge is 0.142 e. The van der Waals surface area contributed by atoms with E-state index in [2.05, 4.69) is 78.2 Å². The van der Waals surface area contributed by atoms with Crippen molar-refractivity contribution >= 4 is 45.0 Å². The van der Waals surface area contributed by atoms with Crippen LogP contribution in [0.3, 0.4) is 0 Å². The Morgan fingerprint density at radius 1 is 0.957 bits per heavy atom. The lowest BCUT2D eigenvalue weighted by molar-refractivity contribution is 0.606. The molecule has 1 heterocycles. The molecule has 3 aromatic rings. The Balaban J connectivity index is 2.07. The van der Waals surface area contributed by atoms with Crippen LogP contribution in [-0.2, 0) is 0 Å². The lowest BCUT2D eigenvalue weighted by atomic mass is 10.0. The molecule has 3 rings (SSSR count). The average Bonchev–Trinajstić information content (AvgIpc) is 2.58. The summed E-state index contributed by atoms with van der Waals surface area (Å²) in [5.41, 5.74) is 2.04. The predicted octanol–water partition coefficient (Wildman–Crippen LogP) is 5.88. The third-order valence-corrected chi connectivity index (χ3v) is 4.80. The van der Waals surface area contributed by atoms with Gasteiger partial charge in [-0.15, -0.1) is 0 Å². The molecule has 0 atom stereocenters. The van der Waals surface area contributed by atoms with Crippen molar-refractivity contribution in [2.24, 2.45) is 0 Å². The molecule has 1 N–H and O–H groups in total. The summed E-state index contributed by atoms with van der Waals surface area (Å²) < 4.78 is 1.22. The molecule has 118 valence electrons. The van der Waals surface area contributed by atoms with E-state index >= 15 is 0 Å². The summed E-state index contributed by atoms with van der Waals surface area (Å²) in [6.07, 6.45) is 2.11. The van der Waals surface area contributed by atoms with Crippen molar-refractivity contribution in [1.29, 1.82) is 0 Å². The van der Waals surface area contributed by atoms with Crippen LogP contribution < -0.4 is 5.32 Å². The minimum absolute atomic E-state index is 0.400. The van der Waals surface area contributed by atoms with E-state index in [0.717, 1.165) is 41.1 Å². The highest BCUT2D eigenvalue weighted by atomic mass is 127. The number of rotatable bonds is 5. The second-order valence-corrected chi connectivity index (χ2v) is 6.84. The standard InChI is InChI=1S/C19H20IN3/c1-3-13(4-2)18-22-17-8-6-5-7-16(17)19(23-18)21-15-11-9-14(20)10-12-15/h5-13H,3-4H2,1-2H3,(H,21,22,23). The van der Waals surface area contributed by atoms with Gasteiger partial charge in [-0.1, -0.05) is 26.0 Å². The van der Waals surface area contributed by atoms with E-state index in [-0.39, 0.29) is 0 Å². The van der Waals surface area contributed by atoms with Crippen LogP contribution in [0.25, 0.3) is 10.9 Å². The molecule has 0 aliphatic rings. The minimum Gasteiger partial charge on any atom is -0.340 e. The SMILES string of the molecule is CCC(CC)c1nc(Nc2ccc(I)cc2)c2ccccc2n1. The molecule has 0 fully saturated rings. The molecule has 23 heavy (non-hydrogen) atoms. The van der Waals surface area contributed by atoms with E-state index in [4.69, 9.17) is 9.97 Å². The lowest BCUT2D eigenvalue weighted by Crippen LogP contribution is -2.06. The number of anilines is 2. The van der Waals surface area contributed by atoms with Crippen LogP contribution in [0.1, 0.15) is 38.4 Å². The first-order valence-corrected chi connectivity index (χ1v) is 9.08. The monoisotopic (exact) mass is 417 g/mol. The molecule has 0 bridgehead atoms. The molecular weight excluding hydrogens is 397 g/mol. The van der Waals surface area contributed by atoms with Gasteiger partial charge in [-0.25, -0.2) is 9.97 Å². The molecule has 0 aliphatic heterocycles. The summed E-state index contributed by atoms with van der Waals surface area (Å²) in [6.45, 7) is 4.39. The Bertz CT molecular complexity index is 795. The highest BCUT2D eigenvalue weighted by molar-refractivity contribution is 14.1. The summed E-state index contributed by atoms with van der Waals surface area (Å²) >= 11 is 2.31. The van der Waals surface area contributed by atoms with Gasteiger partial charge in [0.15, 0.2) is 0 Å². The molecule has 2 aromatic carbocycles. The maximum atomic E-state index is 4.84.